The first-order valence-corrected chi connectivity index (χ1v) is 4.97. The van der Waals surface area contributed by atoms with Crippen LogP contribution in [-0.2, 0) is 5.54 Å². The van der Waals surface area contributed by atoms with Crippen LogP contribution in [0.1, 0.15) is 24.8 Å². The molecule has 13 heavy (non-hydrogen) atoms. The van der Waals surface area contributed by atoms with Crippen molar-refractivity contribution in [3.05, 3.63) is 30.1 Å². The largest absolute Gasteiger partial charge is 0.321 e. The van der Waals surface area contributed by atoms with Gasteiger partial charge in [0.15, 0.2) is 0 Å². The number of pyridine rings is 1. The van der Waals surface area contributed by atoms with Crippen molar-refractivity contribution in [1.82, 2.24) is 4.98 Å². The molecular formula is C11H14N2. The molecule has 3 rings (SSSR count). The molecule has 1 heterocycles. The first kappa shape index (κ1) is 7.51. The fourth-order valence-corrected chi connectivity index (χ4v) is 2.72. The van der Waals surface area contributed by atoms with Crippen LogP contribution in [0.2, 0.25) is 0 Å². The zero-order valence-electron chi connectivity index (χ0n) is 7.61. The molecule has 1 aromatic rings. The number of nitrogens with zero attached hydrogens (tertiary/aromatic N) is 1. The van der Waals surface area contributed by atoms with Gasteiger partial charge in [-0.1, -0.05) is 6.07 Å². The minimum atomic E-state index is -0.0537. The maximum Gasteiger partial charge on any atom is 0.0430 e. The predicted octanol–water partition coefficient (Wildman–Crippen LogP) is 1.67. The van der Waals surface area contributed by atoms with E-state index in [9.17, 15) is 0 Å². The second-order valence-corrected chi connectivity index (χ2v) is 4.56. The highest BCUT2D eigenvalue weighted by Crippen LogP contribution is 2.58. The minimum absolute atomic E-state index is 0.0537. The van der Waals surface area contributed by atoms with E-state index in [-0.39, 0.29) is 5.54 Å². The summed E-state index contributed by atoms with van der Waals surface area (Å²) in [6.07, 6.45) is 7.49. The monoisotopic (exact) mass is 174 g/mol. The van der Waals surface area contributed by atoms with Gasteiger partial charge in [0.1, 0.15) is 0 Å². The van der Waals surface area contributed by atoms with E-state index in [2.05, 4.69) is 11.1 Å². The van der Waals surface area contributed by atoms with E-state index in [1.54, 1.807) is 0 Å². The third-order valence-corrected chi connectivity index (χ3v) is 3.56. The number of rotatable bonds is 1. The molecule has 2 fully saturated rings. The Labute approximate surface area is 78.2 Å². The summed E-state index contributed by atoms with van der Waals surface area (Å²) >= 11 is 0. The lowest BCUT2D eigenvalue weighted by atomic mass is 9.87. The van der Waals surface area contributed by atoms with E-state index < -0.39 is 0 Å². The molecule has 0 amide bonds. The highest BCUT2D eigenvalue weighted by Gasteiger charge is 2.52. The van der Waals surface area contributed by atoms with Gasteiger partial charge < -0.3 is 5.73 Å². The molecule has 2 nitrogen and oxygen atoms in total. The summed E-state index contributed by atoms with van der Waals surface area (Å²) in [6, 6.07) is 4.09. The van der Waals surface area contributed by atoms with Crippen molar-refractivity contribution in [1.29, 1.82) is 0 Å². The van der Waals surface area contributed by atoms with Gasteiger partial charge in [0.2, 0.25) is 0 Å². The molecular weight excluding hydrogens is 160 g/mol. The van der Waals surface area contributed by atoms with E-state index in [1.807, 2.05) is 18.5 Å². The Balaban J connectivity index is 1.92. The van der Waals surface area contributed by atoms with Crippen LogP contribution in [0.4, 0.5) is 0 Å². The Hall–Kier alpha value is -0.890. The fourth-order valence-electron chi connectivity index (χ4n) is 2.72. The zero-order valence-corrected chi connectivity index (χ0v) is 7.61. The molecule has 0 bridgehead atoms. The van der Waals surface area contributed by atoms with Gasteiger partial charge in [-0.05, 0) is 42.7 Å². The highest BCUT2D eigenvalue weighted by atomic mass is 14.8. The Bertz CT molecular complexity index is 310. The second-order valence-electron chi connectivity index (χ2n) is 4.56. The van der Waals surface area contributed by atoms with E-state index in [4.69, 9.17) is 5.73 Å². The topological polar surface area (TPSA) is 38.9 Å². The molecule has 2 atom stereocenters. The molecule has 2 unspecified atom stereocenters. The van der Waals surface area contributed by atoms with Crippen LogP contribution < -0.4 is 5.73 Å². The summed E-state index contributed by atoms with van der Waals surface area (Å²) in [6.45, 7) is 0. The summed E-state index contributed by atoms with van der Waals surface area (Å²) in [5, 5.41) is 0. The predicted molar refractivity (Wildman–Crippen MR) is 50.9 cm³/mol. The van der Waals surface area contributed by atoms with Crippen LogP contribution in [0.5, 0.6) is 0 Å². The van der Waals surface area contributed by atoms with Gasteiger partial charge in [-0.25, -0.2) is 0 Å². The number of nitrogens with two attached hydrogens (primary N) is 1. The number of fused-ring (bicyclic) bond motifs is 1. The summed E-state index contributed by atoms with van der Waals surface area (Å²) < 4.78 is 0. The first-order valence-electron chi connectivity index (χ1n) is 4.97. The van der Waals surface area contributed by atoms with Crippen molar-refractivity contribution in [3.8, 4) is 0 Å². The molecule has 0 radical (unpaired) electrons. The molecule has 0 aliphatic heterocycles. The molecule has 2 heteroatoms. The van der Waals surface area contributed by atoms with Crippen LogP contribution in [0, 0.1) is 11.8 Å². The van der Waals surface area contributed by atoms with Crippen molar-refractivity contribution in [3.63, 3.8) is 0 Å². The molecule has 2 aliphatic carbocycles. The minimum Gasteiger partial charge on any atom is -0.321 e. The van der Waals surface area contributed by atoms with E-state index >= 15 is 0 Å². The third kappa shape index (κ3) is 1.09. The molecule has 0 aromatic carbocycles. The normalized spacial score (nSPS) is 41.6. The number of hydrogen-bond acceptors (Lipinski definition) is 2. The lowest BCUT2D eigenvalue weighted by Gasteiger charge is -2.25. The van der Waals surface area contributed by atoms with Gasteiger partial charge in [0, 0.05) is 17.9 Å². The van der Waals surface area contributed by atoms with Crippen LogP contribution in [0.25, 0.3) is 0 Å². The second kappa shape index (κ2) is 2.32. The van der Waals surface area contributed by atoms with E-state index in [0.717, 1.165) is 11.8 Å². The van der Waals surface area contributed by atoms with Gasteiger partial charge in [-0.15, -0.1) is 0 Å². The molecule has 2 aliphatic rings. The van der Waals surface area contributed by atoms with Gasteiger partial charge in [0.25, 0.3) is 0 Å². The van der Waals surface area contributed by atoms with Gasteiger partial charge in [-0.3, -0.25) is 4.98 Å². The van der Waals surface area contributed by atoms with Crippen LogP contribution in [0.15, 0.2) is 24.5 Å². The Morgan fingerprint density at radius 1 is 1.38 bits per heavy atom. The molecule has 1 aromatic heterocycles. The maximum atomic E-state index is 6.36. The van der Waals surface area contributed by atoms with Gasteiger partial charge in [0.05, 0.1) is 0 Å². The average molecular weight is 174 g/mol. The standard InChI is InChI=1S/C11H14N2/c12-11(5-8-4-9(8)6-11)10-2-1-3-13-7-10/h1-3,7-9H,4-6,12H2. The first-order chi connectivity index (χ1) is 6.28. The third-order valence-electron chi connectivity index (χ3n) is 3.56. The molecule has 2 N–H and O–H groups in total. The van der Waals surface area contributed by atoms with Crippen LogP contribution in [-0.4, -0.2) is 4.98 Å². The Kier molecular flexibility index (Phi) is 1.34. The molecule has 0 spiro atoms. The molecule has 0 saturated heterocycles. The van der Waals surface area contributed by atoms with Crippen molar-refractivity contribution < 1.29 is 0 Å². The van der Waals surface area contributed by atoms with E-state index in [1.165, 1.54) is 24.8 Å². The van der Waals surface area contributed by atoms with Crippen molar-refractivity contribution in [2.24, 2.45) is 17.6 Å². The van der Waals surface area contributed by atoms with Gasteiger partial charge >= 0.3 is 0 Å². The maximum absolute atomic E-state index is 6.36. The van der Waals surface area contributed by atoms with Crippen molar-refractivity contribution in [2.75, 3.05) is 0 Å². The fraction of sp³-hybridized carbons (Fsp3) is 0.545. The van der Waals surface area contributed by atoms with E-state index in [0.29, 0.717) is 0 Å². The lowest BCUT2D eigenvalue weighted by Crippen LogP contribution is -2.34. The summed E-state index contributed by atoms with van der Waals surface area (Å²) in [7, 11) is 0. The quantitative estimate of drug-likeness (QED) is 0.703. The SMILES string of the molecule is NC1(c2cccnc2)CC2CC2C1. The summed E-state index contributed by atoms with van der Waals surface area (Å²) in [4.78, 5) is 4.13. The number of hydrogen-bond donors (Lipinski definition) is 1. The van der Waals surface area contributed by atoms with Crippen LogP contribution >= 0.6 is 0 Å². The lowest BCUT2D eigenvalue weighted by molar-refractivity contribution is 0.410. The average Bonchev–Trinajstić information content (AvgIpc) is 2.77. The smallest absolute Gasteiger partial charge is 0.0430 e. The number of aromatic nitrogens is 1. The molecule has 68 valence electrons. The van der Waals surface area contributed by atoms with Crippen molar-refractivity contribution >= 4 is 0 Å². The summed E-state index contributed by atoms with van der Waals surface area (Å²) in [5.41, 5.74) is 7.53. The molecule has 2 saturated carbocycles. The Morgan fingerprint density at radius 2 is 2.15 bits per heavy atom. The van der Waals surface area contributed by atoms with Gasteiger partial charge in [-0.2, -0.15) is 0 Å². The highest BCUT2D eigenvalue weighted by molar-refractivity contribution is 5.24. The van der Waals surface area contributed by atoms with Crippen LogP contribution in [0.3, 0.4) is 0 Å². The Morgan fingerprint density at radius 3 is 2.77 bits per heavy atom. The summed E-state index contributed by atoms with van der Waals surface area (Å²) in [5.74, 6) is 1.84. The zero-order chi connectivity index (χ0) is 8.89. The van der Waals surface area contributed by atoms with Crippen molar-refractivity contribution in [2.45, 2.75) is 24.8 Å².